The lowest BCUT2D eigenvalue weighted by molar-refractivity contribution is 0.289. The van der Waals surface area contributed by atoms with E-state index in [1.807, 2.05) is 6.07 Å². The number of nitrogens with zero attached hydrogens (tertiary/aromatic N) is 2. The molecule has 0 spiro atoms. The summed E-state index contributed by atoms with van der Waals surface area (Å²) >= 11 is 0. The van der Waals surface area contributed by atoms with Crippen LogP contribution in [0.15, 0.2) is 18.2 Å². The van der Waals surface area contributed by atoms with E-state index in [0.717, 1.165) is 24.4 Å². The Morgan fingerprint density at radius 1 is 1.32 bits per heavy atom. The number of benzene rings is 1. The zero-order valence-corrected chi connectivity index (χ0v) is 11.7. The Hall–Kier alpha value is -1.42. The van der Waals surface area contributed by atoms with Crippen LogP contribution in [-0.2, 0) is 0 Å². The van der Waals surface area contributed by atoms with Crippen LogP contribution in [0, 0.1) is 11.7 Å². The van der Waals surface area contributed by atoms with Crippen molar-refractivity contribution < 1.29 is 4.39 Å². The standard InChI is InChI=1S/C15H20FN3/c1-9(2)19-13-6-4-5-12(16)14(13)18-15(19)10(3)11-7-17-8-11/h4-6,9-11,17H,7-8H2,1-3H3. The highest BCUT2D eigenvalue weighted by Crippen LogP contribution is 2.32. The zero-order chi connectivity index (χ0) is 13.6. The van der Waals surface area contributed by atoms with Crippen molar-refractivity contribution in [1.29, 1.82) is 0 Å². The van der Waals surface area contributed by atoms with Crippen molar-refractivity contribution in [2.75, 3.05) is 13.1 Å². The van der Waals surface area contributed by atoms with Crippen LogP contribution in [0.25, 0.3) is 11.0 Å². The molecule has 0 bridgehead atoms. The molecule has 3 nitrogen and oxygen atoms in total. The average Bonchev–Trinajstić information content (AvgIpc) is 2.67. The lowest BCUT2D eigenvalue weighted by atomic mass is 9.88. The molecular weight excluding hydrogens is 241 g/mol. The van der Waals surface area contributed by atoms with Gasteiger partial charge in [-0.3, -0.25) is 0 Å². The van der Waals surface area contributed by atoms with Crippen molar-refractivity contribution in [2.45, 2.75) is 32.7 Å². The fourth-order valence-electron chi connectivity index (χ4n) is 2.84. The van der Waals surface area contributed by atoms with Crippen molar-refractivity contribution in [1.82, 2.24) is 14.9 Å². The van der Waals surface area contributed by atoms with E-state index in [1.54, 1.807) is 6.07 Å². The van der Waals surface area contributed by atoms with Gasteiger partial charge in [0.05, 0.1) is 5.52 Å². The molecule has 1 unspecified atom stereocenters. The maximum Gasteiger partial charge on any atom is 0.151 e. The second-order valence-electron chi connectivity index (χ2n) is 5.75. The van der Waals surface area contributed by atoms with Crippen molar-refractivity contribution in [3.63, 3.8) is 0 Å². The number of hydrogen-bond donors (Lipinski definition) is 1. The largest absolute Gasteiger partial charge is 0.325 e. The monoisotopic (exact) mass is 261 g/mol. The normalized spacial score (nSPS) is 17.9. The van der Waals surface area contributed by atoms with E-state index in [1.165, 1.54) is 6.07 Å². The van der Waals surface area contributed by atoms with Gasteiger partial charge in [-0.05, 0) is 45.0 Å². The van der Waals surface area contributed by atoms with Gasteiger partial charge in [0.2, 0.25) is 0 Å². The smallest absolute Gasteiger partial charge is 0.151 e. The van der Waals surface area contributed by atoms with E-state index in [4.69, 9.17) is 0 Å². The third-order valence-corrected chi connectivity index (χ3v) is 4.14. The quantitative estimate of drug-likeness (QED) is 0.920. The van der Waals surface area contributed by atoms with E-state index < -0.39 is 0 Å². The van der Waals surface area contributed by atoms with Gasteiger partial charge in [-0.25, -0.2) is 9.37 Å². The molecule has 1 N–H and O–H groups in total. The highest BCUT2D eigenvalue weighted by Gasteiger charge is 2.29. The summed E-state index contributed by atoms with van der Waals surface area (Å²) in [4.78, 5) is 4.60. The molecule has 19 heavy (non-hydrogen) atoms. The number of imidazole rings is 1. The number of fused-ring (bicyclic) bond motifs is 1. The minimum atomic E-state index is -0.225. The van der Waals surface area contributed by atoms with Crippen LogP contribution in [0.4, 0.5) is 4.39 Å². The molecule has 0 amide bonds. The van der Waals surface area contributed by atoms with Crippen LogP contribution in [-0.4, -0.2) is 22.6 Å². The van der Waals surface area contributed by atoms with Gasteiger partial charge in [0.25, 0.3) is 0 Å². The second kappa shape index (κ2) is 4.60. The van der Waals surface area contributed by atoms with Gasteiger partial charge in [0.1, 0.15) is 11.3 Å². The van der Waals surface area contributed by atoms with E-state index >= 15 is 0 Å². The Morgan fingerprint density at radius 3 is 2.63 bits per heavy atom. The molecule has 1 aliphatic rings. The number of halogens is 1. The molecule has 1 atom stereocenters. The summed E-state index contributed by atoms with van der Waals surface area (Å²) < 4.78 is 16.1. The van der Waals surface area contributed by atoms with Crippen LogP contribution >= 0.6 is 0 Å². The molecule has 2 heterocycles. The summed E-state index contributed by atoms with van der Waals surface area (Å²) in [7, 11) is 0. The molecule has 1 saturated heterocycles. The molecule has 2 aromatic rings. The number of hydrogen-bond acceptors (Lipinski definition) is 2. The van der Waals surface area contributed by atoms with Gasteiger partial charge in [0.15, 0.2) is 5.82 Å². The highest BCUT2D eigenvalue weighted by molar-refractivity contribution is 5.77. The maximum atomic E-state index is 13.9. The lowest BCUT2D eigenvalue weighted by Gasteiger charge is -2.33. The first-order valence-electron chi connectivity index (χ1n) is 6.96. The number of aromatic nitrogens is 2. The fraction of sp³-hybridized carbons (Fsp3) is 0.533. The summed E-state index contributed by atoms with van der Waals surface area (Å²) in [5, 5.41) is 3.29. The molecule has 0 radical (unpaired) electrons. The molecule has 3 rings (SSSR count). The summed E-state index contributed by atoms with van der Waals surface area (Å²) in [6, 6.07) is 5.50. The predicted octanol–water partition coefficient (Wildman–Crippen LogP) is 3.08. The summed E-state index contributed by atoms with van der Waals surface area (Å²) in [5.41, 5.74) is 1.41. The van der Waals surface area contributed by atoms with Crippen LogP contribution in [0.1, 0.15) is 38.6 Å². The first-order chi connectivity index (χ1) is 9.09. The Labute approximate surface area is 112 Å². The minimum Gasteiger partial charge on any atom is -0.325 e. The molecule has 1 aliphatic heterocycles. The van der Waals surface area contributed by atoms with Gasteiger partial charge >= 0.3 is 0 Å². The van der Waals surface area contributed by atoms with E-state index in [9.17, 15) is 4.39 Å². The lowest BCUT2D eigenvalue weighted by Crippen LogP contribution is -2.45. The number of nitrogens with one attached hydrogen (secondary N) is 1. The van der Waals surface area contributed by atoms with Gasteiger partial charge in [-0.15, -0.1) is 0 Å². The van der Waals surface area contributed by atoms with E-state index in [0.29, 0.717) is 17.4 Å². The van der Waals surface area contributed by atoms with Crippen LogP contribution in [0.5, 0.6) is 0 Å². The zero-order valence-electron chi connectivity index (χ0n) is 11.7. The SMILES string of the molecule is CC(c1nc2c(F)cccc2n1C(C)C)C1CNC1. The topological polar surface area (TPSA) is 29.9 Å². The second-order valence-corrected chi connectivity index (χ2v) is 5.75. The van der Waals surface area contributed by atoms with Gasteiger partial charge in [0, 0.05) is 12.0 Å². The Morgan fingerprint density at radius 2 is 2.05 bits per heavy atom. The van der Waals surface area contributed by atoms with Crippen LogP contribution in [0.3, 0.4) is 0 Å². The van der Waals surface area contributed by atoms with Crippen molar-refractivity contribution >= 4 is 11.0 Å². The molecule has 0 aliphatic carbocycles. The number of rotatable bonds is 3. The predicted molar refractivity (Wildman–Crippen MR) is 74.9 cm³/mol. The third-order valence-electron chi connectivity index (χ3n) is 4.14. The molecule has 1 fully saturated rings. The summed E-state index contributed by atoms with van der Waals surface area (Å²) in [6.45, 7) is 8.52. The first-order valence-corrected chi connectivity index (χ1v) is 6.96. The molecular formula is C15H20FN3. The number of para-hydroxylation sites is 1. The molecule has 102 valence electrons. The van der Waals surface area contributed by atoms with E-state index in [2.05, 4.69) is 35.6 Å². The Kier molecular flexibility index (Phi) is 3.05. The van der Waals surface area contributed by atoms with Crippen molar-refractivity contribution in [2.24, 2.45) is 5.92 Å². The molecule has 4 heteroatoms. The Bertz CT molecular complexity index is 599. The molecule has 1 aromatic heterocycles. The van der Waals surface area contributed by atoms with Gasteiger partial charge in [-0.2, -0.15) is 0 Å². The Balaban J connectivity index is 2.16. The third kappa shape index (κ3) is 1.94. The highest BCUT2D eigenvalue weighted by atomic mass is 19.1. The fourth-order valence-corrected chi connectivity index (χ4v) is 2.84. The van der Waals surface area contributed by atoms with Crippen molar-refractivity contribution in [3.8, 4) is 0 Å². The average molecular weight is 261 g/mol. The van der Waals surface area contributed by atoms with Gasteiger partial charge in [-0.1, -0.05) is 13.0 Å². The van der Waals surface area contributed by atoms with Crippen LogP contribution < -0.4 is 5.32 Å². The summed E-state index contributed by atoms with van der Waals surface area (Å²) in [5.74, 6) is 1.76. The van der Waals surface area contributed by atoms with E-state index in [-0.39, 0.29) is 11.9 Å². The molecule has 1 aromatic carbocycles. The summed E-state index contributed by atoms with van der Waals surface area (Å²) in [6.07, 6.45) is 0. The van der Waals surface area contributed by atoms with Gasteiger partial charge < -0.3 is 9.88 Å². The molecule has 0 saturated carbocycles. The minimum absolute atomic E-state index is 0.225. The van der Waals surface area contributed by atoms with Crippen molar-refractivity contribution in [3.05, 3.63) is 29.8 Å². The maximum absolute atomic E-state index is 13.9. The first kappa shape index (κ1) is 12.6. The van der Waals surface area contributed by atoms with Crippen LogP contribution in [0.2, 0.25) is 0 Å².